The molecule has 1 amide bonds. The van der Waals surface area contributed by atoms with Gasteiger partial charge in [-0.25, -0.2) is 13.7 Å². The molecule has 7 N–H and O–H groups in total. The van der Waals surface area contributed by atoms with Gasteiger partial charge in [-0.3, -0.25) is 9.32 Å². The molecular weight excluding hydrogens is 489 g/mol. The molecule has 0 bridgehead atoms. The van der Waals surface area contributed by atoms with Gasteiger partial charge in [0.15, 0.2) is 0 Å². The van der Waals surface area contributed by atoms with Gasteiger partial charge in [-0.2, -0.15) is 8.62 Å². The number of nitrogens with one attached hydrogen (secondary N) is 1. The molecule has 0 radical (unpaired) electrons. The Hall–Kier alpha value is -0.390. The molecule has 0 saturated carbocycles. The zero-order chi connectivity index (χ0) is 22.2. The number of hydrogen-bond acceptors (Lipinski definition) is 12. The van der Waals surface area contributed by atoms with Crippen LogP contribution in [-0.2, 0) is 47.9 Å². The first-order valence-electron chi connectivity index (χ1n) is 7.09. The first-order valence-corrected chi connectivity index (χ1v) is 12.7. The Morgan fingerprint density at radius 3 is 2.31 bits per heavy atom. The van der Waals surface area contributed by atoms with Gasteiger partial charge >= 0.3 is 23.5 Å². The Bertz CT molecular complexity index is 802. The molecule has 3 unspecified atom stereocenters. The van der Waals surface area contributed by atoms with E-state index in [2.05, 4.69) is 13.1 Å². The minimum Gasteiger partial charge on any atom is -0.568 e. The number of aliphatic hydroxyl groups excluding tert-OH is 2. The van der Waals surface area contributed by atoms with Crippen molar-refractivity contribution >= 4 is 40.9 Å². The smallest absolute Gasteiger partial charge is 0.490 e. The van der Waals surface area contributed by atoms with Crippen molar-refractivity contribution in [3.63, 3.8) is 0 Å². The molecule has 0 aromatic rings. The van der Waals surface area contributed by atoms with E-state index in [1.165, 1.54) is 0 Å². The van der Waals surface area contributed by atoms with E-state index in [9.17, 15) is 38.1 Å². The van der Waals surface area contributed by atoms with Crippen LogP contribution in [0.25, 0.3) is 0 Å². The van der Waals surface area contributed by atoms with Crippen molar-refractivity contribution < 1.29 is 70.7 Å². The van der Waals surface area contributed by atoms with E-state index in [0.717, 1.165) is 16.6 Å². The van der Waals surface area contributed by atoms with Crippen molar-refractivity contribution in [3.8, 4) is 0 Å². The summed E-state index contributed by atoms with van der Waals surface area (Å²) in [4.78, 5) is 46.4. The van der Waals surface area contributed by atoms with Crippen LogP contribution in [-0.4, -0.2) is 75.7 Å². The molecule has 2 aliphatic rings. The predicted molar refractivity (Wildman–Crippen MR) is 87.8 cm³/mol. The summed E-state index contributed by atoms with van der Waals surface area (Å²) in [5.41, 5.74) is 0. The maximum atomic E-state index is 11.8. The van der Waals surface area contributed by atoms with E-state index < -0.39 is 72.1 Å². The highest BCUT2D eigenvalue weighted by Crippen LogP contribution is 2.66. The molecule has 2 aliphatic heterocycles. The van der Waals surface area contributed by atoms with Gasteiger partial charge in [0.2, 0.25) is 17.8 Å². The molecule has 21 heteroatoms. The van der Waals surface area contributed by atoms with Crippen molar-refractivity contribution in [1.29, 1.82) is 0 Å². The highest BCUT2D eigenvalue weighted by molar-refractivity contribution is 7.87. The Balaban J connectivity index is 1.99. The average Bonchev–Trinajstić information content (AvgIpc) is 2.78. The van der Waals surface area contributed by atoms with E-state index in [4.69, 9.17) is 19.4 Å². The molecule has 2 heterocycles. The maximum absolute atomic E-state index is 11.8. The summed E-state index contributed by atoms with van der Waals surface area (Å²) >= 11 is -2.17. The van der Waals surface area contributed by atoms with E-state index in [1.54, 1.807) is 0 Å². The van der Waals surface area contributed by atoms with Gasteiger partial charge in [0.25, 0.3) is 5.91 Å². The Morgan fingerprint density at radius 2 is 1.76 bits per heavy atom. The third-order valence-electron chi connectivity index (χ3n) is 3.16. The molecule has 168 valence electrons. The molecule has 0 aromatic heterocycles. The van der Waals surface area contributed by atoms with Crippen LogP contribution in [0.5, 0.6) is 0 Å². The fourth-order valence-corrected chi connectivity index (χ4v) is 6.01. The van der Waals surface area contributed by atoms with Gasteiger partial charge in [-0.1, -0.05) is 0 Å². The van der Waals surface area contributed by atoms with Gasteiger partial charge in [-0.15, -0.1) is 9.03 Å². The topological polar surface area (TPSA) is 265 Å². The lowest BCUT2D eigenvalue weighted by atomic mass is 10.1. The summed E-state index contributed by atoms with van der Waals surface area (Å²) < 4.78 is 64.6. The highest BCUT2D eigenvalue weighted by atomic mass is 32.2. The summed E-state index contributed by atoms with van der Waals surface area (Å²) in [5, 5.41) is 19.9. The fraction of sp³-hybridized carbons (Fsp3) is 0.625. The number of aliphatic hydroxyl groups is 2. The third-order valence-corrected chi connectivity index (χ3v) is 8.05. The number of ether oxygens (including phenoxy) is 1. The number of carbonyl (C=O) groups is 1. The molecule has 2 rings (SSSR count). The Kier molecular flexibility index (Phi) is 7.72. The minimum atomic E-state index is -5.72. The van der Waals surface area contributed by atoms with Crippen molar-refractivity contribution in [3.05, 3.63) is 12.3 Å². The minimum absolute atomic E-state index is 0.697. The van der Waals surface area contributed by atoms with Crippen LogP contribution in [0.1, 0.15) is 0 Å². The van der Waals surface area contributed by atoms with Crippen molar-refractivity contribution in [2.45, 2.75) is 24.5 Å². The van der Waals surface area contributed by atoms with E-state index in [1.807, 2.05) is 4.72 Å². The van der Waals surface area contributed by atoms with Gasteiger partial charge in [0, 0.05) is 6.08 Å². The third kappa shape index (κ3) is 7.07. The van der Waals surface area contributed by atoms with Crippen molar-refractivity contribution in [2.24, 2.45) is 0 Å². The van der Waals surface area contributed by atoms with Crippen LogP contribution >= 0.6 is 23.5 Å². The number of carbonyl (C=O) groups excluding carboxylic acids is 1. The molecule has 17 nitrogen and oxygen atoms in total. The van der Waals surface area contributed by atoms with Crippen LogP contribution in [0.2, 0.25) is 0 Å². The summed E-state index contributed by atoms with van der Waals surface area (Å²) in [6.07, 6.45) is -4.59. The summed E-state index contributed by atoms with van der Waals surface area (Å²) in [6.45, 7) is -1.03. The van der Waals surface area contributed by atoms with Crippen molar-refractivity contribution in [2.75, 3.05) is 6.61 Å². The second-order valence-corrected chi connectivity index (χ2v) is 10.9. The molecule has 1 saturated heterocycles. The summed E-state index contributed by atoms with van der Waals surface area (Å²) in [5.74, 6) is -0.697. The molecule has 1 fully saturated rings. The molecular formula is C8H15N2O15P3S. The number of hydrogen-bond donors (Lipinski definition) is 7. The standard InChI is InChI=1S/C8H15N2O15P3S/c11-5-1-2-10(29(21)9-5)8-7(13)6(12)4(23-8)3-22-27(17,18)25-28(19,20)24-26(14,15)16/h1-2,4,6-8,12-13H,3H2,(H,9,11)(H,17,18)(H,19,20)(H2,14,15,16)/t4-,6-,7-,8-,29?/m1/s1. The molecule has 29 heavy (non-hydrogen) atoms. The molecule has 0 spiro atoms. The number of amides is 1. The molecule has 7 atom stereocenters. The number of phosphoric acid groups is 3. The quantitative estimate of drug-likeness (QED) is 0.131. The Labute approximate surface area is 164 Å². The number of nitrogens with zero attached hydrogens (tertiary/aromatic N) is 1. The second-order valence-electron chi connectivity index (χ2n) is 5.32. The zero-order valence-electron chi connectivity index (χ0n) is 13.7. The van der Waals surface area contributed by atoms with E-state index in [-0.39, 0.29) is 0 Å². The second kappa shape index (κ2) is 9.00. The number of phosphoric ester groups is 1. The zero-order valence-corrected chi connectivity index (χ0v) is 17.2. The SMILES string of the molecule is O=C1C=CN([C@@H]2O[C@H](COP(=O)(O)OP(=O)(O)OP(=O)(O)O)[C@@H](O)[C@H]2O)[S+]([O-])N1. The van der Waals surface area contributed by atoms with Crippen LogP contribution in [0.4, 0.5) is 0 Å². The molecule has 0 aromatic carbocycles. The monoisotopic (exact) mass is 504 g/mol. The summed E-state index contributed by atoms with van der Waals surface area (Å²) in [6, 6.07) is 0. The highest BCUT2D eigenvalue weighted by Gasteiger charge is 2.50. The number of rotatable bonds is 8. The lowest BCUT2D eigenvalue weighted by Gasteiger charge is -2.29. The largest absolute Gasteiger partial charge is 0.568 e. The van der Waals surface area contributed by atoms with Crippen LogP contribution < -0.4 is 4.72 Å². The van der Waals surface area contributed by atoms with Crippen molar-refractivity contribution in [1.82, 2.24) is 9.03 Å². The van der Waals surface area contributed by atoms with E-state index >= 15 is 0 Å². The van der Waals surface area contributed by atoms with Crippen LogP contribution in [0.3, 0.4) is 0 Å². The lowest BCUT2D eigenvalue weighted by molar-refractivity contribution is -0.115. The first kappa shape index (κ1) is 24.9. The van der Waals surface area contributed by atoms with Crippen LogP contribution in [0, 0.1) is 0 Å². The fourth-order valence-electron chi connectivity index (χ4n) is 2.10. The normalized spacial score (nSPS) is 34.5. The Morgan fingerprint density at radius 1 is 1.14 bits per heavy atom. The van der Waals surface area contributed by atoms with Gasteiger partial charge in [0.05, 0.1) is 12.8 Å². The van der Waals surface area contributed by atoms with Gasteiger partial charge in [0.1, 0.15) is 18.3 Å². The first-order chi connectivity index (χ1) is 13.1. The van der Waals surface area contributed by atoms with Gasteiger partial charge < -0.3 is 39.1 Å². The maximum Gasteiger partial charge on any atom is 0.490 e. The van der Waals surface area contributed by atoms with Crippen LogP contribution in [0.15, 0.2) is 12.3 Å². The van der Waals surface area contributed by atoms with Gasteiger partial charge in [-0.05, 0) is 0 Å². The lowest BCUT2D eigenvalue weighted by Crippen LogP contribution is -2.52. The average molecular weight is 504 g/mol. The predicted octanol–water partition coefficient (Wildman–Crippen LogP) is -2.70. The summed E-state index contributed by atoms with van der Waals surface area (Å²) in [7, 11) is -16.8. The van der Waals surface area contributed by atoms with E-state index in [0.29, 0.717) is 0 Å². The molecule has 0 aliphatic carbocycles.